The molecule has 0 spiro atoms. The van der Waals surface area contributed by atoms with E-state index in [0.29, 0.717) is 0 Å². The summed E-state index contributed by atoms with van der Waals surface area (Å²) in [5, 5.41) is 21.7. The van der Waals surface area contributed by atoms with Crippen LogP contribution >= 0.6 is 0 Å². The number of alkyl carbamates (subject to hydrolysis) is 1. The van der Waals surface area contributed by atoms with Crippen molar-refractivity contribution >= 4 is 18.0 Å². The number of aliphatic hydroxyl groups excluding tert-OH is 1. The summed E-state index contributed by atoms with van der Waals surface area (Å²) >= 11 is 0. The van der Waals surface area contributed by atoms with Gasteiger partial charge in [-0.2, -0.15) is 0 Å². The molecule has 2 aliphatic rings. The van der Waals surface area contributed by atoms with Crippen LogP contribution in [0.3, 0.4) is 0 Å². The van der Waals surface area contributed by atoms with Crippen LogP contribution in [0.4, 0.5) is 4.79 Å². The number of amides is 2. The second-order valence-corrected chi connectivity index (χ2v) is 8.81. The Morgan fingerprint density at radius 3 is 2.30 bits per heavy atom. The Hall–Kier alpha value is -3.39. The maximum atomic E-state index is 12.5. The number of β-amino-alcohol motifs (C(OH)–C–C–N with tert-alkyl or cyclic N) is 1. The highest BCUT2D eigenvalue weighted by molar-refractivity contribution is 5.84. The SMILES string of the molecule is CC(CNC(=O)OCC1c2ccccc2-c2ccccc21)CC(=O)N1C[C@H](O)C[C@H]1C(=O)O. The first-order valence-electron chi connectivity index (χ1n) is 11.1. The number of nitrogens with zero attached hydrogens (tertiary/aromatic N) is 1. The van der Waals surface area contributed by atoms with E-state index in [1.165, 1.54) is 4.90 Å². The molecule has 0 saturated carbocycles. The maximum Gasteiger partial charge on any atom is 0.407 e. The van der Waals surface area contributed by atoms with Crippen molar-refractivity contribution in [3.63, 3.8) is 0 Å². The number of nitrogens with one attached hydrogen (secondary N) is 1. The van der Waals surface area contributed by atoms with Crippen molar-refractivity contribution in [3.8, 4) is 11.1 Å². The van der Waals surface area contributed by atoms with Gasteiger partial charge in [0.1, 0.15) is 12.6 Å². The molecular weight excluding hydrogens is 424 g/mol. The normalized spacial score (nSPS) is 20.1. The summed E-state index contributed by atoms with van der Waals surface area (Å²) in [7, 11) is 0. The van der Waals surface area contributed by atoms with E-state index in [9.17, 15) is 24.6 Å². The number of hydrogen-bond acceptors (Lipinski definition) is 5. The lowest BCUT2D eigenvalue weighted by Gasteiger charge is -2.23. The Kier molecular flexibility index (Phi) is 6.65. The average Bonchev–Trinajstić information content (AvgIpc) is 3.35. The number of carboxylic acids is 1. The lowest BCUT2D eigenvalue weighted by Crippen LogP contribution is -2.42. The first kappa shape index (κ1) is 22.8. The molecule has 2 aromatic carbocycles. The quantitative estimate of drug-likeness (QED) is 0.595. The van der Waals surface area contributed by atoms with Crippen molar-refractivity contribution in [1.82, 2.24) is 10.2 Å². The molecule has 1 unspecified atom stereocenters. The van der Waals surface area contributed by atoms with Crippen LogP contribution in [0.1, 0.15) is 36.8 Å². The fourth-order valence-corrected chi connectivity index (χ4v) is 4.72. The van der Waals surface area contributed by atoms with Gasteiger partial charge in [0.15, 0.2) is 0 Å². The molecule has 8 nitrogen and oxygen atoms in total. The number of hydrogen-bond donors (Lipinski definition) is 3. The summed E-state index contributed by atoms with van der Waals surface area (Å²) in [6.45, 7) is 2.24. The Balaban J connectivity index is 1.27. The molecular formula is C25H28N2O6. The second-order valence-electron chi connectivity index (χ2n) is 8.81. The molecule has 2 aromatic rings. The molecule has 1 aliphatic carbocycles. The smallest absolute Gasteiger partial charge is 0.407 e. The van der Waals surface area contributed by atoms with Gasteiger partial charge in [-0.15, -0.1) is 0 Å². The van der Waals surface area contributed by atoms with Crippen LogP contribution in [-0.4, -0.2) is 64.9 Å². The van der Waals surface area contributed by atoms with Gasteiger partial charge in [-0.25, -0.2) is 9.59 Å². The van der Waals surface area contributed by atoms with Crippen molar-refractivity contribution in [2.45, 2.75) is 37.8 Å². The Bertz CT molecular complexity index is 1010. The number of carboxylic acid groups (broad SMARTS) is 1. The van der Waals surface area contributed by atoms with Crippen LogP contribution in [0.2, 0.25) is 0 Å². The lowest BCUT2D eigenvalue weighted by molar-refractivity contribution is -0.148. The van der Waals surface area contributed by atoms with Gasteiger partial charge in [-0.1, -0.05) is 55.5 Å². The second kappa shape index (κ2) is 9.62. The Morgan fingerprint density at radius 1 is 1.09 bits per heavy atom. The Morgan fingerprint density at radius 2 is 1.70 bits per heavy atom. The van der Waals surface area contributed by atoms with Crippen LogP contribution in [-0.2, 0) is 14.3 Å². The zero-order valence-corrected chi connectivity index (χ0v) is 18.4. The van der Waals surface area contributed by atoms with Gasteiger partial charge >= 0.3 is 12.1 Å². The third kappa shape index (κ3) is 4.85. The zero-order chi connectivity index (χ0) is 23.5. The van der Waals surface area contributed by atoms with Crippen molar-refractivity contribution < 1.29 is 29.3 Å². The van der Waals surface area contributed by atoms with Crippen molar-refractivity contribution in [1.29, 1.82) is 0 Å². The van der Waals surface area contributed by atoms with Crippen molar-refractivity contribution in [2.75, 3.05) is 19.7 Å². The molecule has 1 fully saturated rings. The minimum absolute atomic E-state index is 0.0162. The van der Waals surface area contributed by atoms with E-state index in [1.54, 1.807) is 6.92 Å². The molecule has 4 rings (SSSR count). The molecule has 0 aromatic heterocycles. The number of benzene rings is 2. The van der Waals surface area contributed by atoms with E-state index in [-0.39, 0.29) is 50.3 Å². The summed E-state index contributed by atoms with van der Waals surface area (Å²) in [6.07, 6.45) is -1.28. The molecule has 174 valence electrons. The standard InChI is InChI=1S/C25H28N2O6/c1-15(10-23(29)27-13-16(28)11-22(27)24(30)31)12-26-25(32)33-14-21-19-8-4-2-6-17(19)18-7-3-5-9-20(18)21/h2-9,15-16,21-22,28H,10-14H2,1H3,(H,26,32)(H,30,31)/t15?,16-,22+/m1/s1. The summed E-state index contributed by atoms with van der Waals surface area (Å²) in [6, 6.07) is 15.2. The van der Waals surface area contributed by atoms with Crippen molar-refractivity contribution in [3.05, 3.63) is 59.7 Å². The van der Waals surface area contributed by atoms with Gasteiger partial charge in [0.05, 0.1) is 6.10 Å². The number of rotatable bonds is 7. The highest BCUT2D eigenvalue weighted by atomic mass is 16.5. The number of aliphatic hydroxyl groups is 1. The van der Waals surface area contributed by atoms with Gasteiger partial charge in [-0.05, 0) is 28.2 Å². The van der Waals surface area contributed by atoms with Crippen LogP contribution in [0.25, 0.3) is 11.1 Å². The van der Waals surface area contributed by atoms with Crippen molar-refractivity contribution in [2.24, 2.45) is 5.92 Å². The fraction of sp³-hybridized carbons (Fsp3) is 0.400. The molecule has 0 radical (unpaired) electrons. The van der Waals surface area contributed by atoms with E-state index < -0.39 is 24.2 Å². The number of aliphatic carboxylic acids is 1. The maximum absolute atomic E-state index is 12.5. The number of likely N-dealkylation sites (tertiary alicyclic amines) is 1. The minimum atomic E-state index is -1.12. The van der Waals surface area contributed by atoms with E-state index in [4.69, 9.17) is 4.74 Å². The van der Waals surface area contributed by atoms with Gasteiger partial charge in [0.2, 0.25) is 5.91 Å². The van der Waals surface area contributed by atoms with Crippen LogP contribution < -0.4 is 5.32 Å². The van der Waals surface area contributed by atoms with Gasteiger partial charge in [0, 0.05) is 31.8 Å². The largest absolute Gasteiger partial charge is 0.480 e. The molecule has 1 aliphatic heterocycles. The third-order valence-corrected chi connectivity index (χ3v) is 6.35. The summed E-state index contributed by atoms with van der Waals surface area (Å²) < 4.78 is 5.50. The van der Waals surface area contributed by atoms with Gasteiger partial charge < -0.3 is 25.2 Å². The molecule has 3 atom stereocenters. The molecule has 3 N–H and O–H groups in total. The summed E-state index contributed by atoms with van der Waals surface area (Å²) in [5.41, 5.74) is 4.57. The molecule has 0 bridgehead atoms. The zero-order valence-electron chi connectivity index (χ0n) is 18.4. The first-order chi connectivity index (χ1) is 15.8. The monoisotopic (exact) mass is 452 g/mol. The molecule has 1 heterocycles. The van der Waals surface area contributed by atoms with E-state index in [1.807, 2.05) is 24.3 Å². The van der Waals surface area contributed by atoms with Crippen LogP contribution in [0.5, 0.6) is 0 Å². The minimum Gasteiger partial charge on any atom is -0.480 e. The number of carbonyl (C=O) groups is 3. The molecule has 33 heavy (non-hydrogen) atoms. The van der Waals surface area contributed by atoms with Gasteiger partial charge in [-0.3, -0.25) is 4.79 Å². The highest BCUT2D eigenvalue weighted by Crippen LogP contribution is 2.44. The predicted octanol–water partition coefficient (Wildman–Crippen LogP) is 2.60. The molecule has 1 saturated heterocycles. The fourth-order valence-electron chi connectivity index (χ4n) is 4.72. The first-order valence-corrected chi connectivity index (χ1v) is 11.1. The Labute approximate surface area is 192 Å². The van der Waals surface area contributed by atoms with Gasteiger partial charge in [0.25, 0.3) is 0 Å². The molecule has 2 amide bonds. The predicted molar refractivity (Wildman–Crippen MR) is 121 cm³/mol. The number of ether oxygens (including phenoxy) is 1. The summed E-state index contributed by atoms with van der Waals surface area (Å²) in [4.78, 5) is 37.3. The van der Waals surface area contributed by atoms with E-state index >= 15 is 0 Å². The van der Waals surface area contributed by atoms with Crippen LogP contribution in [0.15, 0.2) is 48.5 Å². The highest BCUT2D eigenvalue weighted by Gasteiger charge is 2.39. The lowest BCUT2D eigenvalue weighted by atomic mass is 9.98. The third-order valence-electron chi connectivity index (χ3n) is 6.35. The summed E-state index contributed by atoms with van der Waals surface area (Å²) in [5.74, 6) is -1.72. The molecule has 8 heteroatoms. The van der Waals surface area contributed by atoms with Crippen LogP contribution in [0, 0.1) is 5.92 Å². The van der Waals surface area contributed by atoms with E-state index in [2.05, 4.69) is 29.6 Å². The average molecular weight is 453 g/mol. The number of fused-ring (bicyclic) bond motifs is 3. The number of carbonyl (C=O) groups excluding carboxylic acids is 2. The topological polar surface area (TPSA) is 116 Å². The van der Waals surface area contributed by atoms with E-state index in [0.717, 1.165) is 22.3 Å².